The van der Waals surface area contributed by atoms with Gasteiger partial charge in [-0.15, -0.1) is 0 Å². The number of carboxylic acids is 1. The number of nitrogens with zero attached hydrogens (tertiary/aromatic N) is 1. The maximum Gasteiger partial charge on any atom is 0.303 e. The van der Waals surface area contributed by atoms with E-state index in [2.05, 4.69) is 0 Å². The molecule has 1 aliphatic rings. The molecule has 3 N–H and O–H groups in total. The molecule has 0 spiro atoms. The molecular formula is C29H30N2O6. The van der Waals surface area contributed by atoms with Crippen LogP contribution in [0.4, 0.5) is 0 Å². The molecule has 0 unspecified atom stereocenters. The molecule has 1 aliphatic heterocycles. The Balaban J connectivity index is 1.66. The number of primary amides is 1. The van der Waals surface area contributed by atoms with Crippen molar-refractivity contribution in [1.82, 2.24) is 4.90 Å². The van der Waals surface area contributed by atoms with Gasteiger partial charge in [0.15, 0.2) is 11.5 Å². The normalized spacial score (nSPS) is 13.1. The molecule has 0 aromatic heterocycles. The first-order chi connectivity index (χ1) is 17.7. The van der Waals surface area contributed by atoms with E-state index in [4.69, 9.17) is 15.2 Å². The summed E-state index contributed by atoms with van der Waals surface area (Å²) < 4.78 is 10.8. The van der Waals surface area contributed by atoms with Crippen LogP contribution in [0.5, 0.6) is 11.5 Å². The van der Waals surface area contributed by atoms with Crippen molar-refractivity contribution in [2.24, 2.45) is 5.73 Å². The van der Waals surface area contributed by atoms with E-state index in [0.717, 1.165) is 16.7 Å². The van der Waals surface area contributed by atoms with E-state index in [1.54, 1.807) is 12.1 Å². The van der Waals surface area contributed by atoms with Crippen LogP contribution in [-0.4, -0.2) is 46.2 Å². The molecule has 4 rings (SSSR count). The lowest BCUT2D eigenvalue weighted by molar-refractivity contribution is -0.137. The van der Waals surface area contributed by atoms with Gasteiger partial charge in [0.2, 0.25) is 12.7 Å². The number of carboxylic acid groups (broad SMARTS) is 1. The van der Waals surface area contributed by atoms with Crippen LogP contribution in [0.25, 0.3) is 11.1 Å². The molecule has 2 amide bonds. The van der Waals surface area contributed by atoms with Crippen LogP contribution >= 0.6 is 0 Å². The number of carbonyl (C=O) groups excluding carboxylic acids is 2. The van der Waals surface area contributed by atoms with Crippen molar-refractivity contribution in [3.05, 3.63) is 83.9 Å². The summed E-state index contributed by atoms with van der Waals surface area (Å²) in [5.74, 6) is -0.854. The van der Waals surface area contributed by atoms with Crippen molar-refractivity contribution in [3.8, 4) is 22.6 Å². The van der Waals surface area contributed by atoms with E-state index < -0.39 is 29.4 Å². The number of hydrogen-bond acceptors (Lipinski definition) is 5. The first-order valence-corrected chi connectivity index (χ1v) is 12.0. The Kier molecular flexibility index (Phi) is 7.47. The van der Waals surface area contributed by atoms with Crippen molar-refractivity contribution in [2.75, 3.05) is 6.79 Å². The van der Waals surface area contributed by atoms with Crippen LogP contribution in [0.3, 0.4) is 0 Å². The van der Waals surface area contributed by atoms with Gasteiger partial charge in [-0.1, -0.05) is 48.5 Å². The summed E-state index contributed by atoms with van der Waals surface area (Å²) in [5.41, 5.74) is 8.01. The monoisotopic (exact) mass is 502 g/mol. The van der Waals surface area contributed by atoms with E-state index in [1.165, 1.54) is 4.90 Å². The van der Waals surface area contributed by atoms with Crippen LogP contribution in [0.15, 0.2) is 72.8 Å². The minimum Gasteiger partial charge on any atom is -0.481 e. The molecule has 0 bridgehead atoms. The van der Waals surface area contributed by atoms with Gasteiger partial charge in [-0.2, -0.15) is 0 Å². The number of aliphatic carboxylic acids is 1. The number of carbonyl (C=O) groups is 3. The number of amides is 2. The predicted molar refractivity (Wildman–Crippen MR) is 138 cm³/mol. The fourth-order valence-corrected chi connectivity index (χ4v) is 4.70. The van der Waals surface area contributed by atoms with Gasteiger partial charge in [-0.3, -0.25) is 14.4 Å². The van der Waals surface area contributed by atoms with Crippen LogP contribution in [0, 0.1) is 0 Å². The topological polar surface area (TPSA) is 119 Å². The molecule has 0 radical (unpaired) electrons. The fourth-order valence-electron chi connectivity index (χ4n) is 4.70. The van der Waals surface area contributed by atoms with Crippen molar-refractivity contribution < 1.29 is 29.0 Å². The van der Waals surface area contributed by atoms with Gasteiger partial charge >= 0.3 is 5.97 Å². The summed E-state index contributed by atoms with van der Waals surface area (Å²) in [5, 5.41) is 9.24. The van der Waals surface area contributed by atoms with Gasteiger partial charge in [0.1, 0.15) is 6.04 Å². The fraction of sp³-hybridized carbons (Fsp3) is 0.276. The number of fused-ring (bicyclic) bond motifs is 1. The lowest BCUT2D eigenvalue weighted by atomic mass is 9.89. The van der Waals surface area contributed by atoms with Crippen molar-refractivity contribution in [1.29, 1.82) is 0 Å². The van der Waals surface area contributed by atoms with Crippen molar-refractivity contribution in [2.45, 2.75) is 44.7 Å². The Morgan fingerprint density at radius 3 is 2.24 bits per heavy atom. The molecule has 0 fully saturated rings. The molecule has 1 heterocycles. The van der Waals surface area contributed by atoms with Crippen LogP contribution < -0.4 is 15.2 Å². The van der Waals surface area contributed by atoms with Crippen LogP contribution in [0.1, 0.15) is 42.6 Å². The second-order valence-corrected chi connectivity index (χ2v) is 9.65. The third-order valence-electron chi connectivity index (χ3n) is 6.46. The first-order valence-electron chi connectivity index (χ1n) is 12.0. The number of ether oxygens (including phenoxy) is 2. The minimum absolute atomic E-state index is 0.0795. The van der Waals surface area contributed by atoms with Gasteiger partial charge in [0.25, 0.3) is 5.91 Å². The average molecular weight is 503 g/mol. The van der Waals surface area contributed by atoms with Gasteiger partial charge in [-0.25, -0.2) is 0 Å². The quantitative estimate of drug-likeness (QED) is 0.427. The molecule has 192 valence electrons. The molecule has 1 atom stereocenters. The largest absolute Gasteiger partial charge is 0.481 e. The molecule has 8 nitrogen and oxygen atoms in total. The van der Waals surface area contributed by atoms with E-state index in [1.807, 2.05) is 74.5 Å². The van der Waals surface area contributed by atoms with Crippen molar-refractivity contribution in [3.63, 3.8) is 0 Å². The van der Waals surface area contributed by atoms with Gasteiger partial charge in [0.05, 0.1) is 0 Å². The lowest BCUT2D eigenvalue weighted by Gasteiger charge is -2.43. The van der Waals surface area contributed by atoms with Crippen LogP contribution in [-0.2, 0) is 16.0 Å². The predicted octanol–water partition coefficient (Wildman–Crippen LogP) is 4.26. The van der Waals surface area contributed by atoms with Gasteiger partial charge in [0, 0.05) is 17.5 Å². The summed E-state index contributed by atoms with van der Waals surface area (Å²) in [6.45, 7) is 3.90. The molecule has 8 heteroatoms. The van der Waals surface area contributed by atoms with E-state index >= 15 is 0 Å². The summed E-state index contributed by atoms with van der Waals surface area (Å²) in [6, 6.07) is 21.2. The second kappa shape index (κ2) is 10.7. The summed E-state index contributed by atoms with van der Waals surface area (Å²) in [7, 11) is 0. The number of nitrogens with two attached hydrogens (primary N) is 1. The molecule has 37 heavy (non-hydrogen) atoms. The Morgan fingerprint density at radius 2 is 1.59 bits per heavy atom. The second-order valence-electron chi connectivity index (χ2n) is 9.65. The zero-order valence-corrected chi connectivity index (χ0v) is 20.8. The standard InChI is InChI=1S/C29H30N2O6/c1-29(2,17-19-6-4-3-5-7-19)31(23(27(30)34)13-15-26(32)33)28(35)21-10-8-20(9-11-21)22-12-14-24-25(16-22)37-18-36-24/h3-12,14,16,23H,13,15,17-18H2,1-2H3,(H2,30,34)(H,32,33)/t23-/m0/s1. The van der Waals surface area contributed by atoms with Gasteiger partial charge < -0.3 is 25.2 Å². The zero-order chi connectivity index (χ0) is 26.6. The smallest absolute Gasteiger partial charge is 0.303 e. The van der Waals surface area contributed by atoms with Gasteiger partial charge in [-0.05, 0) is 67.6 Å². The highest BCUT2D eigenvalue weighted by Gasteiger charge is 2.39. The Labute approximate surface area is 215 Å². The Bertz CT molecular complexity index is 1290. The molecular weight excluding hydrogens is 472 g/mol. The van der Waals surface area contributed by atoms with E-state index in [-0.39, 0.29) is 19.6 Å². The molecule has 3 aromatic rings. The molecule has 0 aliphatic carbocycles. The van der Waals surface area contributed by atoms with E-state index in [0.29, 0.717) is 23.5 Å². The molecule has 0 saturated heterocycles. The third kappa shape index (κ3) is 5.91. The summed E-state index contributed by atoms with van der Waals surface area (Å²) in [6.07, 6.45) is 0.0808. The highest BCUT2D eigenvalue weighted by atomic mass is 16.7. The SMILES string of the molecule is CC(C)(Cc1ccccc1)N(C(=O)c1ccc(-c2ccc3c(c2)OCO3)cc1)[C@@H](CCC(=O)O)C(N)=O. The molecule has 3 aromatic carbocycles. The lowest BCUT2D eigenvalue weighted by Crippen LogP contribution is -2.58. The Hall–Kier alpha value is -4.33. The van der Waals surface area contributed by atoms with Crippen LogP contribution in [0.2, 0.25) is 0 Å². The number of hydrogen-bond donors (Lipinski definition) is 2. The average Bonchev–Trinajstić information content (AvgIpc) is 3.34. The molecule has 0 saturated carbocycles. The number of rotatable bonds is 10. The Morgan fingerprint density at radius 1 is 0.946 bits per heavy atom. The first kappa shape index (κ1) is 25.8. The van der Waals surface area contributed by atoms with E-state index in [9.17, 15) is 19.5 Å². The maximum absolute atomic E-state index is 13.9. The maximum atomic E-state index is 13.9. The highest BCUT2D eigenvalue weighted by molar-refractivity contribution is 5.98. The number of benzene rings is 3. The zero-order valence-electron chi connectivity index (χ0n) is 20.8. The highest BCUT2D eigenvalue weighted by Crippen LogP contribution is 2.36. The van der Waals surface area contributed by atoms with Crippen molar-refractivity contribution >= 4 is 17.8 Å². The third-order valence-corrected chi connectivity index (χ3v) is 6.46. The summed E-state index contributed by atoms with van der Waals surface area (Å²) in [4.78, 5) is 39.2. The summed E-state index contributed by atoms with van der Waals surface area (Å²) >= 11 is 0. The minimum atomic E-state index is -1.09.